The molecule has 1 aliphatic heterocycles. The number of carbonyl (C=O) groups is 2. The molecule has 0 saturated carbocycles. The third-order valence-corrected chi connectivity index (χ3v) is 6.43. The molecular formula is C27H28N6O5. The van der Waals surface area contributed by atoms with Crippen LogP contribution < -0.4 is 32.7 Å². The summed E-state index contributed by atoms with van der Waals surface area (Å²) >= 11 is 0. The van der Waals surface area contributed by atoms with Gasteiger partial charge >= 0.3 is 5.69 Å². The number of aryl methyl sites for hydroxylation is 1. The number of amides is 2. The molecule has 3 heterocycles. The molecule has 4 aromatic rings. The molecule has 2 aromatic carbocycles. The predicted octanol–water partition coefficient (Wildman–Crippen LogP) is 1.31. The number of hydrazine groups is 1. The number of fused-ring (bicyclic) bond motifs is 1. The monoisotopic (exact) mass is 516 g/mol. The number of rotatable bonds is 7. The van der Waals surface area contributed by atoms with Crippen molar-refractivity contribution in [1.82, 2.24) is 30.6 Å². The molecule has 4 N–H and O–H groups in total. The maximum absolute atomic E-state index is 13.7. The van der Waals surface area contributed by atoms with Crippen molar-refractivity contribution in [3.8, 4) is 5.69 Å². The van der Waals surface area contributed by atoms with Crippen LogP contribution >= 0.6 is 0 Å². The normalized spacial score (nSPS) is 17.0. The second kappa shape index (κ2) is 10.5. The molecule has 0 bridgehead atoms. The van der Waals surface area contributed by atoms with E-state index in [1.165, 1.54) is 29.0 Å². The van der Waals surface area contributed by atoms with Crippen LogP contribution in [0.4, 0.5) is 0 Å². The van der Waals surface area contributed by atoms with Crippen molar-refractivity contribution in [1.29, 1.82) is 0 Å². The van der Waals surface area contributed by atoms with Gasteiger partial charge in [0.1, 0.15) is 12.3 Å². The van der Waals surface area contributed by atoms with Crippen LogP contribution in [0.1, 0.15) is 35.0 Å². The molecular weight excluding hydrogens is 488 g/mol. The van der Waals surface area contributed by atoms with E-state index < -0.39 is 23.1 Å². The SMILES string of the molecule is Cc1ccc(-n2c(=O)c3ccc(C(=O)NCc4ccco4)cc3n(CC(=O)NC3CC(C)NN3)c2=O)cc1. The van der Waals surface area contributed by atoms with Crippen LogP contribution in [0.15, 0.2) is 74.9 Å². The zero-order valence-electron chi connectivity index (χ0n) is 21.0. The Kier molecular flexibility index (Phi) is 6.95. The summed E-state index contributed by atoms with van der Waals surface area (Å²) in [7, 11) is 0. The molecule has 11 nitrogen and oxygen atoms in total. The van der Waals surface area contributed by atoms with Gasteiger partial charge in [0.15, 0.2) is 0 Å². The fourth-order valence-electron chi connectivity index (χ4n) is 4.46. The van der Waals surface area contributed by atoms with Crippen LogP contribution in [-0.2, 0) is 17.9 Å². The number of aromatic nitrogens is 2. The molecule has 1 aliphatic rings. The van der Waals surface area contributed by atoms with Crippen LogP contribution in [0.5, 0.6) is 0 Å². The summed E-state index contributed by atoms with van der Waals surface area (Å²) < 4.78 is 7.52. The van der Waals surface area contributed by atoms with E-state index in [4.69, 9.17) is 4.42 Å². The Balaban J connectivity index is 1.56. The average molecular weight is 517 g/mol. The Morgan fingerprint density at radius 1 is 1.08 bits per heavy atom. The molecule has 0 aliphatic carbocycles. The smallest absolute Gasteiger partial charge is 0.336 e. The van der Waals surface area contributed by atoms with Crippen LogP contribution in [0, 0.1) is 6.92 Å². The van der Waals surface area contributed by atoms with E-state index in [9.17, 15) is 19.2 Å². The van der Waals surface area contributed by atoms with E-state index in [1.807, 2.05) is 13.8 Å². The highest BCUT2D eigenvalue weighted by molar-refractivity contribution is 5.98. The van der Waals surface area contributed by atoms with Crippen molar-refractivity contribution < 1.29 is 14.0 Å². The van der Waals surface area contributed by atoms with E-state index >= 15 is 0 Å². The summed E-state index contributed by atoms with van der Waals surface area (Å²) in [6.45, 7) is 3.72. The third kappa shape index (κ3) is 5.15. The second-order valence-electron chi connectivity index (χ2n) is 9.38. The fraction of sp³-hybridized carbons (Fsp3) is 0.259. The number of hydrogen-bond acceptors (Lipinski definition) is 7. The molecule has 196 valence electrons. The number of furan rings is 1. The molecule has 2 amide bonds. The lowest BCUT2D eigenvalue weighted by Gasteiger charge is -2.17. The lowest BCUT2D eigenvalue weighted by molar-refractivity contribution is -0.122. The fourth-order valence-corrected chi connectivity index (χ4v) is 4.46. The topological polar surface area (TPSA) is 139 Å². The van der Waals surface area contributed by atoms with E-state index in [1.54, 1.807) is 36.4 Å². The first-order chi connectivity index (χ1) is 18.3. The summed E-state index contributed by atoms with van der Waals surface area (Å²) in [5, 5.41) is 5.81. The first kappa shape index (κ1) is 25.2. The minimum atomic E-state index is -0.680. The van der Waals surface area contributed by atoms with Gasteiger partial charge in [-0.25, -0.2) is 14.8 Å². The highest BCUT2D eigenvalue weighted by Gasteiger charge is 2.23. The molecule has 2 aromatic heterocycles. The molecule has 1 fully saturated rings. The van der Waals surface area contributed by atoms with Gasteiger partial charge in [-0.2, -0.15) is 0 Å². The van der Waals surface area contributed by atoms with E-state index in [0.29, 0.717) is 17.9 Å². The summed E-state index contributed by atoms with van der Waals surface area (Å²) in [5.41, 5.74) is 6.59. The summed E-state index contributed by atoms with van der Waals surface area (Å²) in [6, 6.07) is 15.1. The molecule has 1 saturated heterocycles. The first-order valence-corrected chi connectivity index (χ1v) is 12.3. The van der Waals surface area contributed by atoms with Crippen LogP contribution in [0.25, 0.3) is 16.6 Å². The highest BCUT2D eigenvalue weighted by Crippen LogP contribution is 2.15. The van der Waals surface area contributed by atoms with Gasteiger partial charge in [0, 0.05) is 11.6 Å². The van der Waals surface area contributed by atoms with Crippen molar-refractivity contribution in [3.63, 3.8) is 0 Å². The standard InChI is InChI=1S/C27H28N6O5/c1-16-5-8-19(9-6-16)33-26(36)21-10-7-18(25(35)28-14-20-4-3-11-38-20)13-22(21)32(27(33)37)15-24(34)29-23-12-17(2)30-31-23/h3-11,13,17,23,30-31H,12,14-15H2,1-2H3,(H,28,35)(H,29,34). The Morgan fingerprint density at radius 3 is 2.55 bits per heavy atom. The Bertz CT molecular complexity index is 1600. The second-order valence-corrected chi connectivity index (χ2v) is 9.38. The Hall–Kier alpha value is -4.48. The lowest BCUT2D eigenvalue weighted by Crippen LogP contribution is -2.47. The van der Waals surface area contributed by atoms with Gasteiger partial charge in [-0.3, -0.25) is 24.4 Å². The quantitative estimate of drug-likeness (QED) is 0.290. The van der Waals surface area contributed by atoms with E-state index in [0.717, 1.165) is 10.1 Å². The largest absolute Gasteiger partial charge is 0.467 e. The number of benzene rings is 2. The van der Waals surface area contributed by atoms with Gasteiger partial charge in [-0.15, -0.1) is 0 Å². The Morgan fingerprint density at radius 2 is 1.87 bits per heavy atom. The molecule has 2 atom stereocenters. The molecule has 11 heteroatoms. The number of nitrogens with one attached hydrogen (secondary N) is 4. The maximum atomic E-state index is 13.7. The van der Waals surface area contributed by atoms with E-state index in [2.05, 4.69) is 21.5 Å². The van der Waals surface area contributed by atoms with Crippen LogP contribution in [0.2, 0.25) is 0 Å². The summed E-state index contributed by atoms with van der Waals surface area (Å²) in [5.74, 6) is -0.244. The summed E-state index contributed by atoms with van der Waals surface area (Å²) in [6.07, 6.45) is 1.88. The average Bonchev–Trinajstić information content (AvgIpc) is 3.57. The number of hydrogen-bond donors (Lipinski definition) is 4. The zero-order valence-corrected chi connectivity index (χ0v) is 21.0. The number of carbonyl (C=O) groups excluding carboxylic acids is 2. The zero-order chi connectivity index (χ0) is 26.8. The molecule has 5 rings (SSSR count). The third-order valence-electron chi connectivity index (χ3n) is 6.43. The summed E-state index contributed by atoms with van der Waals surface area (Å²) in [4.78, 5) is 53.0. The maximum Gasteiger partial charge on any atom is 0.336 e. The van der Waals surface area contributed by atoms with Crippen molar-refractivity contribution in [3.05, 3.63) is 98.6 Å². The van der Waals surface area contributed by atoms with Gasteiger partial charge < -0.3 is 15.1 Å². The molecule has 2 unspecified atom stereocenters. The van der Waals surface area contributed by atoms with Gasteiger partial charge in [0.05, 0.1) is 35.6 Å². The Labute approximate surface area is 217 Å². The minimum absolute atomic E-state index is 0.176. The van der Waals surface area contributed by atoms with Gasteiger partial charge in [0.2, 0.25) is 5.91 Å². The van der Waals surface area contributed by atoms with Crippen molar-refractivity contribution >= 4 is 22.7 Å². The molecule has 38 heavy (non-hydrogen) atoms. The van der Waals surface area contributed by atoms with Crippen LogP contribution in [-0.4, -0.2) is 33.2 Å². The highest BCUT2D eigenvalue weighted by atomic mass is 16.3. The molecule has 0 radical (unpaired) electrons. The predicted molar refractivity (Wildman–Crippen MR) is 141 cm³/mol. The minimum Gasteiger partial charge on any atom is -0.467 e. The van der Waals surface area contributed by atoms with Gasteiger partial charge in [0.25, 0.3) is 11.5 Å². The molecule has 0 spiro atoms. The lowest BCUT2D eigenvalue weighted by atomic mass is 10.1. The van der Waals surface area contributed by atoms with Gasteiger partial charge in [-0.1, -0.05) is 17.7 Å². The van der Waals surface area contributed by atoms with Crippen LogP contribution in [0.3, 0.4) is 0 Å². The first-order valence-electron chi connectivity index (χ1n) is 12.3. The van der Waals surface area contributed by atoms with Gasteiger partial charge in [-0.05, 0) is 62.7 Å². The van der Waals surface area contributed by atoms with Crippen molar-refractivity contribution in [2.24, 2.45) is 0 Å². The van der Waals surface area contributed by atoms with E-state index in [-0.39, 0.29) is 41.8 Å². The van der Waals surface area contributed by atoms with Crippen molar-refractivity contribution in [2.75, 3.05) is 0 Å². The van der Waals surface area contributed by atoms with Crippen molar-refractivity contribution in [2.45, 2.75) is 45.6 Å². The number of nitrogens with zero attached hydrogens (tertiary/aromatic N) is 2.